The highest BCUT2D eigenvalue weighted by Gasteiger charge is 2.56. The molecule has 34 heavy (non-hydrogen) atoms. The lowest BCUT2D eigenvalue weighted by Crippen LogP contribution is -2.39. The molecule has 1 aromatic carbocycles. The molecule has 0 spiro atoms. The van der Waals surface area contributed by atoms with Crippen molar-refractivity contribution in [2.24, 2.45) is 17.8 Å². The molecule has 4 atom stereocenters. The fourth-order valence-corrected chi connectivity index (χ4v) is 6.12. The highest BCUT2D eigenvalue weighted by atomic mass is 16.5. The van der Waals surface area contributed by atoms with Crippen LogP contribution in [0.4, 0.5) is 0 Å². The van der Waals surface area contributed by atoms with Crippen molar-refractivity contribution in [2.45, 2.75) is 32.6 Å². The number of allylic oxidation sites excluding steroid dienone is 6. The molecule has 1 heterocycles. The molecular weight excluding hydrogens is 434 g/mol. The molecule has 7 nitrogen and oxygen atoms in total. The molecule has 4 unspecified atom stereocenters. The van der Waals surface area contributed by atoms with E-state index in [9.17, 15) is 24.3 Å². The summed E-state index contributed by atoms with van der Waals surface area (Å²) in [5.74, 6) is -2.08. The summed E-state index contributed by atoms with van der Waals surface area (Å²) in [4.78, 5) is 54.1. The van der Waals surface area contributed by atoms with Crippen molar-refractivity contribution in [1.82, 2.24) is 4.90 Å². The first kappa shape index (κ1) is 22.5. The Morgan fingerprint density at radius 1 is 1.09 bits per heavy atom. The summed E-state index contributed by atoms with van der Waals surface area (Å²) in [5.41, 5.74) is 2.87. The van der Waals surface area contributed by atoms with Gasteiger partial charge in [-0.1, -0.05) is 29.8 Å². The second kappa shape index (κ2) is 8.47. The number of Topliss-reactive ketones (excluding diaryl/α,β-unsaturated/α-hetero) is 1. The number of nitrogens with zero attached hydrogens (tertiary/aromatic N) is 1. The minimum Gasteiger partial charge on any atom is -0.491 e. The van der Waals surface area contributed by atoms with E-state index >= 15 is 0 Å². The van der Waals surface area contributed by atoms with E-state index in [0.29, 0.717) is 35.4 Å². The second-order valence-electron chi connectivity index (χ2n) is 9.26. The van der Waals surface area contributed by atoms with Crippen LogP contribution in [0.1, 0.15) is 38.2 Å². The third-order valence-electron chi connectivity index (χ3n) is 7.55. The zero-order valence-electron chi connectivity index (χ0n) is 19.2. The number of imide groups is 1. The fraction of sp³-hybridized carbons (Fsp3) is 0.407. The first-order valence-electron chi connectivity index (χ1n) is 11.8. The molecule has 4 aliphatic rings. The highest BCUT2D eigenvalue weighted by Crippen LogP contribution is 2.56. The Labute approximate surface area is 197 Å². The third-order valence-corrected chi connectivity index (χ3v) is 7.55. The Morgan fingerprint density at radius 2 is 1.85 bits per heavy atom. The van der Waals surface area contributed by atoms with Gasteiger partial charge in [0.2, 0.25) is 11.8 Å². The predicted molar refractivity (Wildman–Crippen MR) is 123 cm³/mol. The molecule has 1 saturated heterocycles. The Kier molecular flexibility index (Phi) is 5.60. The number of likely N-dealkylation sites (tertiary alicyclic amines) is 1. The van der Waals surface area contributed by atoms with Crippen molar-refractivity contribution >= 4 is 23.4 Å². The number of carbonyl (C=O) groups is 4. The smallest absolute Gasteiger partial charge is 0.233 e. The van der Waals surface area contributed by atoms with Crippen LogP contribution in [0.5, 0.6) is 5.75 Å². The van der Waals surface area contributed by atoms with Gasteiger partial charge < -0.3 is 9.84 Å². The minimum atomic E-state index is -0.552. The first-order chi connectivity index (χ1) is 16.4. The molecule has 0 aromatic heterocycles. The Hall–Kier alpha value is -3.32. The lowest BCUT2D eigenvalue weighted by atomic mass is 9.59. The SMILES string of the molecule is CCN1C(=O)C2CC=C3C(c4ccccc4OCCO)C4=C(CC3C2C1=O)C(=O)C(C)=CC4=O. The van der Waals surface area contributed by atoms with Gasteiger partial charge >= 0.3 is 0 Å². The maximum Gasteiger partial charge on any atom is 0.233 e. The normalized spacial score (nSPS) is 28.4. The van der Waals surface area contributed by atoms with Crippen molar-refractivity contribution < 1.29 is 29.0 Å². The van der Waals surface area contributed by atoms with E-state index in [-0.39, 0.29) is 48.9 Å². The first-order valence-corrected chi connectivity index (χ1v) is 11.8. The standard InChI is InChI=1S/C27H27NO6/c1-3-28-26(32)17-9-8-15-18(23(17)27(28)33)13-19-24(20(30)12-14(2)25(19)31)22(15)16-6-4-5-7-21(16)34-11-10-29/h4-8,12,17-18,22-23,29H,3,9-11,13H2,1-2H3. The van der Waals surface area contributed by atoms with Crippen molar-refractivity contribution in [3.63, 3.8) is 0 Å². The van der Waals surface area contributed by atoms with Crippen LogP contribution in [-0.2, 0) is 19.2 Å². The molecule has 1 aliphatic heterocycles. The maximum absolute atomic E-state index is 13.3. The molecule has 3 aliphatic carbocycles. The van der Waals surface area contributed by atoms with Gasteiger partial charge in [-0.15, -0.1) is 0 Å². The van der Waals surface area contributed by atoms with Gasteiger partial charge in [-0.2, -0.15) is 0 Å². The molecule has 176 valence electrons. The number of rotatable bonds is 5. The number of hydrogen-bond acceptors (Lipinski definition) is 6. The maximum atomic E-state index is 13.3. The van der Waals surface area contributed by atoms with Gasteiger partial charge in [0.25, 0.3) is 0 Å². The van der Waals surface area contributed by atoms with Crippen LogP contribution in [0.2, 0.25) is 0 Å². The summed E-state index contributed by atoms with van der Waals surface area (Å²) in [6, 6.07) is 7.30. The summed E-state index contributed by atoms with van der Waals surface area (Å²) in [7, 11) is 0. The van der Waals surface area contributed by atoms with E-state index in [1.807, 2.05) is 24.3 Å². The van der Waals surface area contributed by atoms with Crippen LogP contribution < -0.4 is 4.74 Å². The number of carbonyl (C=O) groups excluding carboxylic acids is 4. The molecule has 0 bridgehead atoms. The summed E-state index contributed by atoms with van der Waals surface area (Å²) < 4.78 is 5.80. The molecule has 0 radical (unpaired) electrons. The van der Waals surface area contributed by atoms with Crippen LogP contribution in [0, 0.1) is 17.8 Å². The van der Waals surface area contributed by atoms with Gasteiger partial charge in [-0.05, 0) is 44.7 Å². The molecular formula is C27H27NO6. The Balaban J connectivity index is 1.69. The number of hydrogen-bond donors (Lipinski definition) is 1. The van der Waals surface area contributed by atoms with Gasteiger partial charge in [0.15, 0.2) is 11.6 Å². The van der Waals surface area contributed by atoms with Crippen LogP contribution in [0.15, 0.2) is 58.7 Å². The molecule has 7 heteroatoms. The minimum absolute atomic E-state index is 0.0904. The zero-order chi connectivity index (χ0) is 24.1. The summed E-state index contributed by atoms with van der Waals surface area (Å²) in [6.45, 7) is 3.67. The lowest BCUT2D eigenvalue weighted by Gasteiger charge is -2.42. The third kappa shape index (κ3) is 3.21. The number of para-hydroxylation sites is 1. The van der Waals surface area contributed by atoms with Gasteiger partial charge in [0.1, 0.15) is 12.4 Å². The average Bonchev–Trinajstić information content (AvgIpc) is 3.09. The van der Waals surface area contributed by atoms with Gasteiger partial charge in [0.05, 0.1) is 18.4 Å². The van der Waals surface area contributed by atoms with Gasteiger partial charge in [0, 0.05) is 34.7 Å². The van der Waals surface area contributed by atoms with Crippen molar-refractivity contribution in [3.05, 3.63) is 64.3 Å². The van der Waals surface area contributed by atoms with E-state index in [2.05, 4.69) is 0 Å². The van der Waals surface area contributed by atoms with E-state index < -0.39 is 17.8 Å². The Bertz CT molecular complexity index is 1210. The van der Waals surface area contributed by atoms with E-state index in [1.165, 1.54) is 11.0 Å². The molecule has 1 N–H and O–H groups in total. The summed E-state index contributed by atoms with van der Waals surface area (Å²) in [5, 5.41) is 9.29. The number of aliphatic hydroxyl groups excluding tert-OH is 1. The molecule has 1 fully saturated rings. The van der Waals surface area contributed by atoms with Crippen LogP contribution in [-0.4, -0.2) is 53.1 Å². The molecule has 0 saturated carbocycles. The fourth-order valence-electron chi connectivity index (χ4n) is 6.12. The lowest BCUT2D eigenvalue weighted by molar-refractivity contribution is -0.139. The second-order valence-corrected chi connectivity index (χ2v) is 9.26. The zero-order valence-corrected chi connectivity index (χ0v) is 19.2. The number of ketones is 2. The number of ether oxygens (including phenoxy) is 1. The van der Waals surface area contributed by atoms with Gasteiger partial charge in [-0.25, -0.2) is 0 Å². The van der Waals surface area contributed by atoms with E-state index in [0.717, 1.165) is 11.1 Å². The number of amides is 2. The largest absolute Gasteiger partial charge is 0.491 e. The molecule has 2 amide bonds. The summed E-state index contributed by atoms with van der Waals surface area (Å²) >= 11 is 0. The van der Waals surface area contributed by atoms with E-state index in [4.69, 9.17) is 4.74 Å². The van der Waals surface area contributed by atoms with Crippen LogP contribution in [0.25, 0.3) is 0 Å². The number of benzene rings is 1. The van der Waals surface area contributed by atoms with Crippen molar-refractivity contribution in [3.8, 4) is 5.75 Å². The van der Waals surface area contributed by atoms with E-state index in [1.54, 1.807) is 19.9 Å². The number of fused-ring (bicyclic) bond motifs is 3. The summed E-state index contributed by atoms with van der Waals surface area (Å²) in [6.07, 6.45) is 4.08. The Morgan fingerprint density at radius 3 is 2.59 bits per heavy atom. The number of aliphatic hydroxyl groups is 1. The highest BCUT2D eigenvalue weighted by molar-refractivity contribution is 6.23. The van der Waals surface area contributed by atoms with Crippen LogP contribution >= 0.6 is 0 Å². The quantitative estimate of drug-likeness (QED) is 0.411. The predicted octanol–water partition coefficient (Wildman–Crippen LogP) is 2.51. The van der Waals surface area contributed by atoms with Crippen molar-refractivity contribution in [1.29, 1.82) is 0 Å². The van der Waals surface area contributed by atoms with Crippen LogP contribution in [0.3, 0.4) is 0 Å². The average molecular weight is 462 g/mol. The van der Waals surface area contributed by atoms with Gasteiger partial charge in [-0.3, -0.25) is 24.1 Å². The monoisotopic (exact) mass is 461 g/mol. The topological polar surface area (TPSA) is 101 Å². The molecule has 5 rings (SSSR count). The molecule has 1 aromatic rings. The van der Waals surface area contributed by atoms with Crippen molar-refractivity contribution in [2.75, 3.05) is 19.8 Å².